The summed E-state index contributed by atoms with van der Waals surface area (Å²) in [6, 6.07) is 13.6. The molecule has 9 heteroatoms. The maximum atomic E-state index is 11.9. The third-order valence-electron chi connectivity index (χ3n) is 3.23. The lowest BCUT2D eigenvalue weighted by Gasteiger charge is -2.11. The first kappa shape index (κ1) is 20.0. The fourth-order valence-electron chi connectivity index (χ4n) is 2.03. The van der Waals surface area contributed by atoms with Crippen LogP contribution in [0.5, 0.6) is 0 Å². The number of rotatable bonds is 7. The number of anilines is 1. The number of hydrogen-bond acceptors (Lipinski definition) is 8. The molecule has 0 saturated heterocycles. The molecule has 0 aliphatic heterocycles. The van der Waals surface area contributed by atoms with E-state index in [2.05, 4.69) is 14.8 Å². The molecule has 0 spiro atoms. The fraction of sp³-hybridized carbons (Fsp3) is 0.111. The molecule has 2 aromatic carbocycles. The Bertz CT molecular complexity index is 883. The van der Waals surface area contributed by atoms with E-state index in [0.717, 1.165) is 25.2 Å². The number of nitro benzene ring substituents is 1. The van der Waals surface area contributed by atoms with Crippen LogP contribution in [0, 0.1) is 10.1 Å². The second kappa shape index (κ2) is 9.39. The maximum absolute atomic E-state index is 11.9. The zero-order chi connectivity index (χ0) is 19.8. The number of hydrogen-bond donors (Lipinski definition) is 1. The summed E-state index contributed by atoms with van der Waals surface area (Å²) >= 11 is 1.32. The number of nitro groups is 1. The minimum Gasteiger partial charge on any atom is -0.466 e. The lowest BCUT2D eigenvalue weighted by Crippen LogP contribution is -2.15. The predicted octanol–water partition coefficient (Wildman–Crippen LogP) is 3.39. The molecule has 0 radical (unpaired) electrons. The van der Waals surface area contributed by atoms with Crippen LogP contribution in [0.4, 0.5) is 11.4 Å². The smallest absolute Gasteiger partial charge is 0.354 e. The van der Waals surface area contributed by atoms with Crippen molar-refractivity contribution in [3.05, 3.63) is 70.4 Å². The van der Waals surface area contributed by atoms with Crippen LogP contribution >= 0.6 is 11.8 Å². The molecule has 140 valence electrons. The number of esters is 2. The Balaban J connectivity index is 2.39. The van der Waals surface area contributed by atoms with Crippen LogP contribution < -0.4 is 5.32 Å². The first-order chi connectivity index (χ1) is 12.9. The number of carbonyl (C=O) groups is 2. The molecule has 0 unspecified atom stereocenters. The van der Waals surface area contributed by atoms with E-state index in [1.54, 1.807) is 6.07 Å². The molecule has 0 aromatic heterocycles. The largest absolute Gasteiger partial charge is 0.466 e. The Kier molecular flexibility index (Phi) is 6.95. The zero-order valence-corrected chi connectivity index (χ0v) is 15.3. The molecule has 2 aromatic rings. The average molecular weight is 388 g/mol. The van der Waals surface area contributed by atoms with Gasteiger partial charge in [0, 0.05) is 27.6 Å². The molecule has 0 aliphatic carbocycles. The van der Waals surface area contributed by atoms with Crippen LogP contribution in [0.15, 0.2) is 70.1 Å². The van der Waals surface area contributed by atoms with Crippen LogP contribution in [0.25, 0.3) is 0 Å². The summed E-state index contributed by atoms with van der Waals surface area (Å²) in [6.45, 7) is 0. The lowest BCUT2D eigenvalue weighted by atomic mass is 10.2. The van der Waals surface area contributed by atoms with E-state index in [9.17, 15) is 19.7 Å². The molecule has 0 heterocycles. The van der Waals surface area contributed by atoms with Crippen molar-refractivity contribution >= 4 is 35.1 Å². The quantitative estimate of drug-likeness (QED) is 0.333. The fourth-order valence-corrected chi connectivity index (χ4v) is 2.96. The van der Waals surface area contributed by atoms with E-state index in [1.165, 1.54) is 23.9 Å². The predicted molar refractivity (Wildman–Crippen MR) is 99.4 cm³/mol. The van der Waals surface area contributed by atoms with Crippen molar-refractivity contribution in [2.75, 3.05) is 19.5 Å². The number of carbonyl (C=O) groups excluding carboxylic acids is 2. The average Bonchev–Trinajstić information content (AvgIpc) is 2.67. The summed E-state index contributed by atoms with van der Waals surface area (Å²) in [5.74, 6) is -1.59. The van der Waals surface area contributed by atoms with Crippen molar-refractivity contribution in [2.24, 2.45) is 0 Å². The summed E-state index contributed by atoms with van der Waals surface area (Å²) in [5, 5.41) is 13.9. The van der Waals surface area contributed by atoms with Crippen LogP contribution in [-0.4, -0.2) is 31.1 Å². The highest BCUT2D eigenvalue weighted by Gasteiger charge is 2.16. The Labute approximate surface area is 159 Å². The van der Waals surface area contributed by atoms with Gasteiger partial charge >= 0.3 is 11.9 Å². The minimum atomic E-state index is -0.816. The van der Waals surface area contributed by atoms with Gasteiger partial charge in [-0.05, 0) is 18.2 Å². The van der Waals surface area contributed by atoms with Gasteiger partial charge in [0.05, 0.1) is 25.2 Å². The monoisotopic (exact) mass is 388 g/mol. The molecule has 0 saturated carbocycles. The minimum absolute atomic E-state index is 0.166. The van der Waals surface area contributed by atoms with Crippen LogP contribution in [0.2, 0.25) is 0 Å². The zero-order valence-electron chi connectivity index (χ0n) is 14.5. The molecule has 0 aliphatic rings. The Morgan fingerprint density at radius 2 is 1.78 bits per heavy atom. The van der Waals surface area contributed by atoms with E-state index in [-0.39, 0.29) is 17.1 Å². The SMILES string of the molecule is COC(=O)/C=C(/Nc1cc(Sc2ccccc2)cc([N+](=O)[O-])c1)C(=O)OC. The van der Waals surface area contributed by atoms with Crippen molar-refractivity contribution in [1.29, 1.82) is 0 Å². The Hall–Kier alpha value is -3.33. The lowest BCUT2D eigenvalue weighted by molar-refractivity contribution is -0.385. The molecule has 0 amide bonds. The summed E-state index contributed by atoms with van der Waals surface area (Å²) in [4.78, 5) is 35.5. The topological polar surface area (TPSA) is 108 Å². The summed E-state index contributed by atoms with van der Waals surface area (Å²) in [7, 11) is 2.31. The highest BCUT2D eigenvalue weighted by Crippen LogP contribution is 2.33. The molecule has 0 atom stereocenters. The van der Waals surface area contributed by atoms with Gasteiger partial charge in [-0.2, -0.15) is 0 Å². The van der Waals surface area contributed by atoms with Crippen molar-refractivity contribution in [1.82, 2.24) is 0 Å². The number of ether oxygens (including phenoxy) is 2. The number of non-ortho nitro benzene ring substituents is 1. The molecule has 2 rings (SSSR count). The Morgan fingerprint density at radius 1 is 1.07 bits per heavy atom. The molecular weight excluding hydrogens is 372 g/mol. The third-order valence-corrected chi connectivity index (χ3v) is 4.21. The van der Waals surface area contributed by atoms with Crippen molar-refractivity contribution in [2.45, 2.75) is 9.79 Å². The van der Waals surface area contributed by atoms with Gasteiger partial charge in [0.15, 0.2) is 0 Å². The van der Waals surface area contributed by atoms with E-state index in [1.807, 2.05) is 30.3 Å². The van der Waals surface area contributed by atoms with Gasteiger partial charge in [-0.25, -0.2) is 9.59 Å². The van der Waals surface area contributed by atoms with E-state index in [4.69, 9.17) is 0 Å². The summed E-state index contributed by atoms with van der Waals surface area (Å²) in [6.07, 6.45) is 0.911. The summed E-state index contributed by atoms with van der Waals surface area (Å²) < 4.78 is 9.12. The highest BCUT2D eigenvalue weighted by atomic mass is 32.2. The normalized spacial score (nSPS) is 10.8. The molecule has 27 heavy (non-hydrogen) atoms. The highest BCUT2D eigenvalue weighted by molar-refractivity contribution is 7.99. The van der Waals surface area contributed by atoms with Crippen LogP contribution in [0.3, 0.4) is 0 Å². The van der Waals surface area contributed by atoms with Crippen molar-refractivity contribution < 1.29 is 24.0 Å². The molecular formula is C18H16N2O6S. The third kappa shape index (κ3) is 5.86. The number of nitrogens with zero attached hydrogens (tertiary/aromatic N) is 1. The first-order valence-corrected chi connectivity index (χ1v) is 8.42. The van der Waals surface area contributed by atoms with E-state index >= 15 is 0 Å². The first-order valence-electron chi connectivity index (χ1n) is 7.60. The van der Waals surface area contributed by atoms with Crippen molar-refractivity contribution in [3.8, 4) is 0 Å². The maximum Gasteiger partial charge on any atom is 0.354 e. The second-order valence-corrected chi connectivity index (χ2v) is 6.23. The molecule has 0 fully saturated rings. The van der Waals surface area contributed by atoms with E-state index in [0.29, 0.717) is 4.90 Å². The molecule has 0 bridgehead atoms. The number of nitrogens with one attached hydrogen (secondary N) is 1. The van der Waals surface area contributed by atoms with Crippen molar-refractivity contribution in [3.63, 3.8) is 0 Å². The van der Waals surface area contributed by atoms with Gasteiger partial charge in [0.25, 0.3) is 5.69 Å². The van der Waals surface area contributed by atoms with Gasteiger partial charge in [0.1, 0.15) is 5.70 Å². The van der Waals surface area contributed by atoms with Gasteiger partial charge in [0.2, 0.25) is 0 Å². The molecule has 8 nitrogen and oxygen atoms in total. The number of benzene rings is 2. The standard InChI is InChI=1S/C18H16N2O6S/c1-25-17(21)11-16(18(22)26-2)19-12-8-13(20(23)24)10-15(9-12)27-14-6-4-3-5-7-14/h3-11,19H,1-2H3/b16-11+. The van der Waals surface area contributed by atoms with Gasteiger partial charge in [-0.15, -0.1) is 0 Å². The number of methoxy groups -OCH3 is 2. The second-order valence-electron chi connectivity index (χ2n) is 5.09. The van der Waals surface area contributed by atoms with Gasteiger partial charge in [-0.1, -0.05) is 30.0 Å². The summed E-state index contributed by atoms with van der Waals surface area (Å²) in [5.41, 5.74) is -0.121. The van der Waals surface area contributed by atoms with Crippen LogP contribution in [-0.2, 0) is 19.1 Å². The van der Waals surface area contributed by atoms with Crippen LogP contribution in [0.1, 0.15) is 0 Å². The Morgan fingerprint density at radius 3 is 2.37 bits per heavy atom. The molecule has 1 N–H and O–H groups in total. The van der Waals surface area contributed by atoms with Gasteiger partial charge in [-0.3, -0.25) is 10.1 Å². The van der Waals surface area contributed by atoms with E-state index < -0.39 is 16.9 Å². The van der Waals surface area contributed by atoms with Gasteiger partial charge < -0.3 is 14.8 Å².